The normalized spacial score (nSPS) is 12.6. The Hall–Kier alpha value is -1.03. The first kappa shape index (κ1) is 18.0. The van der Waals surface area contributed by atoms with Crippen LogP contribution in [-0.2, 0) is 12.6 Å². The van der Waals surface area contributed by atoms with Crippen molar-refractivity contribution in [3.63, 3.8) is 0 Å². The summed E-state index contributed by atoms with van der Waals surface area (Å²) in [5.41, 5.74) is 5.92. The fourth-order valence-electron chi connectivity index (χ4n) is 1.50. The van der Waals surface area contributed by atoms with Gasteiger partial charge in [0.15, 0.2) is 0 Å². The molecule has 4 heteroatoms. The Morgan fingerprint density at radius 3 is 1.84 bits per heavy atom. The Bertz CT molecular complexity index is 330. The van der Waals surface area contributed by atoms with E-state index >= 15 is 0 Å². The van der Waals surface area contributed by atoms with E-state index in [2.05, 4.69) is 13.8 Å². The predicted molar refractivity (Wildman–Crippen MR) is 74.0 cm³/mol. The van der Waals surface area contributed by atoms with Crippen molar-refractivity contribution >= 4 is 0 Å². The van der Waals surface area contributed by atoms with Crippen molar-refractivity contribution < 1.29 is 13.2 Å². The van der Waals surface area contributed by atoms with Crippen molar-refractivity contribution in [2.24, 2.45) is 5.73 Å². The number of alkyl halides is 3. The maximum Gasteiger partial charge on any atom is 0.416 e. The van der Waals surface area contributed by atoms with Crippen molar-refractivity contribution in [1.82, 2.24) is 0 Å². The lowest BCUT2D eigenvalue weighted by Crippen LogP contribution is -2.17. The number of hydrogen-bond donors (Lipinski definition) is 1. The summed E-state index contributed by atoms with van der Waals surface area (Å²) < 4.78 is 36.1. The first-order valence-electron chi connectivity index (χ1n) is 6.76. The van der Waals surface area contributed by atoms with Crippen LogP contribution in [0.4, 0.5) is 13.2 Å². The average molecular weight is 275 g/mol. The van der Waals surface area contributed by atoms with Gasteiger partial charge in [0.25, 0.3) is 0 Å². The largest absolute Gasteiger partial charge is 0.416 e. The third kappa shape index (κ3) is 7.88. The predicted octanol–water partition coefficient (Wildman–Crippen LogP) is 4.79. The lowest BCUT2D eigenvalue weighted by Gasteiger charge is -2.06. The first-order chi connectivity index (χ1) is 8.85. The van der Waals surface area contributed by atoms with Crippen LogP contribution in [0, 0.1) is 0 Å². The summed E-state index contributed by atoms with van der Waals surface area (Å²) >= 11 is 0. The molecular weight excluding hydrogens is 251 g/mol. The molecule has 0 saturated heterocycles. The zero-order chi connectivity index (χ0) is 14.9. The van der Waals surface area contributed by atoms with E-state index in [0.717, 1.165) is 30.5 Å². The SMILES string of the molecule is CCCC(N)CC.CCc1ccc(C(F)(F)F)cc1. The topological polar surface area (TPSA) is 26.0 Å². The molecule has 0 spiro atoms. The van der Waals surface area contributed by atoms with Gasteiger partial charge in [0.2, 0.25) is 0 Å². The maximum atomic E-state index is 12.0. The molecule has 1 rings (SSSR count). The van der Waals surface area contributed by atoms with Gasteiger partial charge in [-0.3, -0.25) is 0 Å². The van der Waals surface area contributed by atoms with Crippen molar-refractivity contribution in [2.75, 3.05) is 0 Å². The standard InChI is InChI=1S/C9H9F3.C6H15N/c1-2-7-3-5-8(6-4-7)9(10,11)12;1-3-5-6(7)4-2/h3-6H,2H2,1H3;6H,3-5,7H2,1-2H3. The molecule has 0 heterocycles. The third-order valence-corrected chi connectivity index (χ3v) is 2.87. The number of rotatable bonds is 4. The van der Waals surface area contributed by atoms with Gasteiger partial charge in [-0.2, -0.15) is 13.2 Å². The quantitative estimate of drug-likeness (QED) is 0.840. The zero-order valence-corrected chi connectivity index (χ0v) is 11.9. The molecule has 0 aromatic heterocycles. The summed E-state index contributed by atoms with van der Waals surface area (Å²) in [5.74, 6) is 0. The van der Waals surface area contributed by atoms with Crippen LogP contribution in [0.25, 0.3) is 0 Å². The van der Waals surface area contributed by atoms with Crippen LogP contribution >= 0.6 is 0 Å². The van der Waals surface area contributed by atoms with E-state index in [4.69, 9.17) is 5.73 Å². The molecule has 1 unspecified atom stereocenters. The van der Waals surface area contributed by atoms with Gasteiger partial charge in [-0.1, -0.05) is 39.3 Å². The van der Waals surface area contributed by atoms with Crippen LogP contribution in [0.1, 0.15) is 51.2 Å². The molecule has 0 radical (unpaired) electrons. The molecule has 1 atom stereocenters. The van der Waals surface area contributed by atoms with E-state index in [0.29, 0.717) is 6.04 Å². The van der Waals surface area contributed by atoms with Gasteiger partial charge < -0.3 is 5.73 Å². The van der Waals surface area contributed by atoms with Gasteiger partial charge in [0.05, 0.1) is 5.56 Å². The maximum absolute atomic E-state index is 12.0. The van der Waals surface area contributed by atoms with Crippen molar-refractivity contribution in [2.45, 2.75) is 58.7 Å². The molecule has 0 amide bonds. The fraction of sp³-hybridized carbons (Fsp3) is 0.600. The van der Waals surface area contributed by atoms with E-state index in [1.165, 1.54) is 25.0 Å². The number of hydrogen-bond acceptors (Lipinski definition) is 1. The molecule has 110 valence electrons. The second kappa shape index (κ2) is 8.97. The summed E-state index contributed by atoms with van der Waals surface area (Å²) in [4.78, 5) is 0. The number of aryl methyl sites for hydroxylation is 1. The molecule has 19 heavy (non-hydrogen) atoms. The minimum atomic E-state index is -4.22. The summed E-state index contributed by atoms with van der Waals surface area (Å²) in [6.45, 7) is 6.19. The number of benzene rings is 1. The summed E-state index contributed by atoms with van der Waals surface area (Å²) in [5, 5.41) is 0. The van der Waals surface area contributed by atoms with E-state index in [9.17, 15) is 13.2 Å². The summed E-state index contributed by atoms with van der Waals surface area (Å²) in [6, 6.07) is 5.67. The Balaban J connectivity index is 0.000000399. The van der Waals surface area contributed by atoms with E-state index in [-0.39, 0.29) is 0 Å². The summed E-state index contributed by atoms with van der Waals surface area (Å²) in [6.07, 6.45) is 0.0593. The average Bonchev–Trinajstić information content (AvgIpc) is 2.39. The minimum absolute atomic E-state index is 0.449. The zero-order valence-electron chi connectivity index (χ0n) is 11.9. The Kier molecular flexibility index (Phi) is 8.48. The van der Waals surface area contributed by atoms with Crippen molar-refractivity contribution in [3.05, 3.63) is 35.4 Å². The highest BCUT2D eigenvalue weighted by Gasteiger charge is 2.29. The third-order valence-electron chi connectivity index (χ3n) is 2.87. The molecule has 0 fully saturated rings. The molecule has 0 aliphatic rings. The van der Waals surface area contributed by atoms with Crippen LogP contribution in [-0.4, -0.2) is 6.04 Å². The molecule has 1 aromatic rings. The van der Waals surface area contributed by atoms with Crippen molar-refractivity contribution in [3.8, 4) is 0 Å². The fourth-order valence-corrected chi connectivity index (χ4v) is 1.50. The first-order valence-corrected chi connectivity index (χ1v) is 6.76. The van der Waals surface area contributed by atoms with Crippen molar-refractivity contribution in [1.29, 1.82) is 0 Å². The van der Waals surface area contributed by atoms with E-state index < -0.39 is 11.7 Å². The highest BCUT2D eigenvalue weighted by atomic mass is 19.4. The van der Waals surface area contributed by atoms with Crippen LogP contribution in [0.2, 0.25) is 0 Å². The lowest BCUT2D eigenvalue weighted by atomic mass is 10.1. The molecule has 2 N–H and O–H groups in total. The highest BCUT2D eigenvalue weighted by Crippen LogP contribution is 2.28. The second-order valence-electron chi connectivity index (χ2n) is 4.51. The Morgan fingerprint density at radius 1 is 1.05 bits per heavy atom. The number of halogens is 3. The smallest absolute Gasteiger partial charge is 0.328 e. The molecule has 1 aromatic carbocycles. The van der Waals surface area contributed by atoms with Crippen LogP contribution in [0.15, 0.2) is 24.3 Å². The summed E-state index contributed by atoms with van der Waals surface area (Å²) in [7, 11) is 0. The van der Waals surface area contributed by atoms with E-state index in [1.54, 1.807) is 0 Å². The van der Waals surface area contributed by atoms with Gasteiger partial charge in [-0.05, 0) is 37.0 Å². The molecule has 0 saturated carbocycles. The molecular formula is C15H24F3N. The van der Waals surface area contributed by atoms with Gasteiger partial charge in [0, 0.05) is 6.04 Å². The Morgan fingerprint density at radius 2 is 1.58 bits per heavy atom. The van der Waals surface area contributed by atoms with Crippen LogP contribution < -0.4 is 5.73 Å². The monoisotopic (exact) mass is 275 g/mol. The molecule has 1 nitrogen and oxygen atoms in total. The molecule has 0 aliphatic carbocycles. The molecule has 0 aliphatic heterocycles. The van der Waals surface area contributed by atoms with Crippen LogP contribution in [0.3, 0.4) is 0 Å². The highest BCUT2D eigenvalue weighted by molar-refractivity contribution is 5.24. The Labute approximate surface area is 114 Å². The second-order valence-corrected chi connectivity index (χ2v) is 4.51. The van der Waals surface area contributed by atoms with Gasteiger partial charge in [-0.25, -0.2) is 0 Å². The number of nitrogens with two attached hydrogens (primary N) is 1. The lowest BCUT2D eigenvalue weighted by molar-refractivity contribution is -0.137. The van der Waals surface area contributed by atoms with Gasteiger partial charge in [-0.15, -0.1) is 0 Å². The van der Waals surface area contributed by atoms with E-state index in [1.807, 2.05) is 6.92 Å². The van der Waals surface area contributed by atoms with Gasteiger partial charge in [0.1, 0.15) is 0 Å². The van der Waals surface area contributed by atoms with Crippen LogP contribution in [0.5, 0.6) is 0 Å². The molecule has 0 bridgehead atoms. The van der Waals surface area contributed by atoms with Gasteiger partial charge >= 0.3 is 6.18 Å². The minimum Gasteiger partial charge on any atom is -0.328 e.